The summed E-state index contributed by atoms with van der Waals surface area (Å²) in [7, 11) is 4.00. The van der Waals surface area contributed by atoms with Gasteiger partial charge >= 0.3 is 0 Å². The molecule has 1 aliphatic heterocycles. The first kappa shape index (κ1) is 18.1. The first-order chi connectivity index (χ1) is 11.7. The molecule has 0 radical (unpaired) electrons. The second kappa shape index (κ2) is 6.89. The summed E-state index contributed by atoms with van der Waals surface area (Å²) in [6.07, 6.45) is 1.18. The van der Waals surface area contributed by atoms with Crippen LogP contribution in [0.25, 0.3) is 0 Å². The monoisotopic (exact) mass is 351 g/mol. The molecule has 0 aromatic carbocycles. The zero-order chi connectivity index (χ0) is 18.2. The van der Waals surface area contributed by atoms with Crippen LogP contribution in [0.4, 0.5) is 14.5 Å². The van der Waals surface area contributed by atoms with Crippen molar-refractivity contribution in [2.24, 2.45) is 5.92 Å². The molecule has 138 valence electrons. The minimum absolute atomic E-state index is 0.0542. The molecular formula is C19H27F2N3O. The largest absolute Gasteiger partial charge is 0.378 e. The SMILES string of the molecule is Cc1cc(N(C)C)cc(C2CCN(C(=O)C3CCC(F)(F)CC3)C2)n1. The van der Waals surface area contributed by atoms with Crippen LogP contribution in [0.2, 0.25) is 0 Å². The molecule has 1 amide bonds. The third kappa shape index (κ3) is 4.10. The average Bonchev–Trinajstić information content (AvgIpc) is 3.03. The molecule has 0 spiro atoms. The number of nitrogens with zero attached hydrogens (tertiary/aromatic N) is 3. The van der Waals surface area contributed by atoms with Crippen LogP contribution in [0.1, 0.15) is 49.4 Å². The van der Waals surface area contributed by atoms with Crippen LogP contribution in [0.5, 0.6) is 0 Å². The normalized spacial score (nSPS) is 23.7. The molecule has 2 fully saturated rings. The Balaban J connectivity index is 1.65. The summed E-state index contributed by atoms with van der Waals surface area (Å²) in [6, 6.07) is 4.14. The van der Waals surface area contributed by atoms with Gasteiger partial charge in [0.05, 0.1) is 0 Å². The molecule has 3 rings (SSSR count). The molecule has 1 aliphatic carbocycles. The summed E-state index contributed by atoms with van der Waals surface area (Å²) in [5, 5.41) is 0. The fraction of sp³-hybridized carbons (Fsp3) is 0.684. The maximum absolute atomic E-state index is 13.3. The lowest BCUT2D eigenvalue weighted by atomic mass is 9.86. The Morgan fingerprint density at radius 1 is 1.24 bits per heavy atom. The summed E-state index contributed by atoms with van der Waals surface area (Å²) in [5.74, 6) is -2.54. The fourth-order valence-corrected chi connectivity index (χ4v) is 3.89. The van der Waals surface area contributed by atoms with Crippen molar-refractivity contribution < 1.29 is 13.6 Å². The third-order valence-corrected chi connectivity index (χ3v) is 5.46. The number of carbonyl (C=O) groups is 1. The van der Waals surface area contributed by atoms with Gasteiger partial charge in [-0.05, 0) is 38.3 Å². The number of pyridine rings is 1. The Bertz CT molecular complexity index is 638. The van der Waals surface area contributed by atoms with Crippen molar-refractivity contribution in [2.45, 2.75) is 50.9 Å². The van der Waals surface area contributed by atoms with Gasteiger partial charge in [-0.1, -0.05) is 0 Å². The van der Waals surface area contributed by atoms with Gasteiger partial charge in [0.15, 0.2) is 0 Å². The van der Waals surface area contributed by atoms with Crippen LogP contribution >= 0.6 is 0 Å². The Labute approximate surface area is 148 Å². The summed E-state index contributed by atoms with van der Waals surface area (Å²) in [4.78, 5) is 21.3. The molecule has 0 bridgehead atoms. The fourth-order valence-electron chi connectivity index (χ4n) is 3.89. The van der Waals surface area contributed by atoms with Crippen LogP contribution in [0.3, 0.4) is 0 Å². The number of hydrogen-bond donors (Lipinski definition) is 0. The molecule has 1 saturated heterocycles. The maximum atomic E-state index is 13.3. The van der Waals surface area contributed by atoms with Gasteiger partial charge in [-0.25, -0.2) is 8.78 Å². The lowest BCUT2D eigenvalue weighted by Crippen LogP contribution is -2.38. The summed E-state index contributed by atoms with van der Waals surface area (Å²) < 4.78 is 26.6. The van der Waals surface area contributed by atoms with Crippen LogP contribution < -0.4 is 4.90 Å². The molecule has 6 heteroatoms. The van der Waals surface area contributed by atoms with Crippen molar-refractivity contribution in [3.05, 3.63) is 23.5 Å². The van der Waals surface area contributed by atoms with Crippen molar-refractivity contribution in [3.63, 3.8) is 0 Å². The van der Waals surface area contributed by atoms with E-state index in [0.29, 0.717) is 25.9 Å². The van der Waals surface area contributed by atoms with Crippen LogP contribution in [0, 0.1) is 12.8 Å². The second-order valence-electron chi connectivity index (χ2n) is 7.69. The third-order valence-electron chi connectivity index (χ3n) is 5.46. The lowest BCUT2D eigenvalue weighted by Gasteiger charge is -2.30. The predicted octanol–water partition coefficient (Wildman–Crippen LogP) is 3.60. The molecule has 1 aromatic rings. The highest BCUT2D eigenvalue weighted by Gasteiger charge is 2.40. The topological polar surface area (TPSA) is 36.4 Å². The van der Waals surface area contributed by atoms with E-state index in [1.807, 2.05) is 32.0 Å². The number of amides is 1. The van der Waals surface area contributed by atoms with Crippen molar-refractivity contribution in [1.82, 2.24) is 9.88 Å². The summed E-state index contributed by atoms with van der Waals surface area (Å²) in [6.45, 7) is 3.33. The number of aromatic nitrogens is 1. The number of alkyl halides is 2. The number of aryl methyl sites for hydroxylation is 1. The Morgan fingerprint density at radius 2 is 1.92 bits per heavy atom. The van der Waals surface area contributed by atoms with Gasteiger partial charge in [-0.15, -0.1) is 0 Å². The van der Waals surface area contributed by atoms with Gasteiger partial charge in [0, 0.05) is 68.9 Å². The van der Waals surface area contributed by atoms with Gasteiger partial charge in [-0.2, -0.15) is 0 Å². The van der Waals surface area contributed by atoms with E-state index in [0.717, 1.165) is 23.5 Å². The standard InChI is InChI=1S/C19H27F2N3O/c1-13-10-16(23(2)3)11-17(22-13)15-6-9-24(12-15)18(25)14-4-7-19(20,21)8-5-14/h10-11,14-15H,4-9,12H2,1-3H3. The summed E-state index contributed by atoms with van der Waals surface area (Å²) in [5.41, 5.74) is 3.11. The second-order valence-corrected chi connectivity index (χ2v) is 7.69. The highest BCUT2D eigenvalue weighted by atomic mass is 19.3. The summed E-state index contributed by atoms with van der Waals surface area (Å²) >= 11 is 0. The molecule has 4 nitrogen and oxygen atoms in total. The highest BCUT2D eigenvalue weighted by Crippen LogP contribution is 2.38. The smallest absolute Gasteiger partial charge is 0.248 e. The number of carbonyl (C=O) groups excluding carboxylic acids is 1. The molecule has 25 heavy (non-hydrogen) atoms. The van der Waals surface area contributed by atoms with E-state index in [9.17, 15) is 13.6 Å². The van der Waals surface area contributed by atoms with E-state index in [1.165, 1.54) is 0 Å². The first-order valence-corrected chi connectivity index (χ1v) is 9.08. The van der Waals surface area contributed by atoms with Gasteiger partial charge in [0.25, 0.3) is 0 Å². The van der Waals surface area contributed by atoms with E-state index in [4.69, 9.17) is 0 Å². The zero-order valence-corrected chi connectivity index (χ0v) is 15.3. The molecule has 0 N–H and O–H groups in total. The zero-order valence-electron chi connectivity index (χ0n) is 15.3. The molecule has 2 aliphatic rings. The minimum Gasteiger partial charge on any atom is -0.378 e. The van der Waals surface area contributed by atoms with Crippen LogP contribution in [0.15, 0.2) is 12.1 Å². The average molecular weight is 351 g/mol. The number of hydrogen-bond acceptors (Lipinski definition) is 3. The predicted molar refractivity (Wildman–Crippen MR) is 94.1 cm³/mol. The first-order valence-electron chi connectivity index (χ1n) is 9.08. The van der Waals surface area contributed by atoms with Crippen molar-refractivity contribution >= 4 is 11.6 Å². The molecule has 1 aromatic heterocycles. The number of anilines is 1. The Hall–Kier alpha value is -1.72. The van der Waals surface area contributed by atoms with Gasteiger partial charge in [0.1, 0.15) is 0 Å². The van der Waals surface area contributed by atoms with Crippen molar-refractivity contribution in [1.29, 1.82) is 0 Å². The highest BCUT2D eigenvalue weighted by molar-refractivity contribution is 5.79. The molecule has 1 saturated carbocycles. The van der Waals surface area contributed by atoms with Gasteiger partial charge in [0.2, 0.25) is 11.8 Å². The Morgan fingerprint density at radius 3 is 2.56 bits per heavy atom. The van der Waals surface area contributed by atoms with Crippen LogP contribution in [-0.4, -0.2) is 48.9 Å². The van der Waals surface area contributed by atoms with E-state index in [-0.39, 0.29) is 30.6 Å². The molecule has 1 unspecified atom stereocenters. The molecular weight excluding hydrogens is 324 g/mol. The van der Waals surface area contributed by atoms with Crippen molar-refractivity contribution in [2.75, 3.05) is 32.1 Å². The van der Waals surface area contributed by atoms with E-state index in [1.54, 1.807) is 0 Å². The van der Waals surface area contributed by atoms with Crippen molar-refractivity contribution in [3.8, 4) is 0 Å². The maximum Gasteiger partial charge on any atom is 0.248 e. The molecule has 1 atom stereocenters. The number of likely N-dealkylation sites (tertiary alicyclic amines) is 1. The number of halogens is 2. The Kier molecular flexibility index (Phi) is 4.98. The van der Waals surface area contributed by atoms with Gasteiger partial charge < -0.3 is 9.80 Å². The van der Waals surface area contributed by atoms with E-state index >= 15 is 0 Å². The van der Waals surface area contributed by atoms with E-state index in [2.05, 4.69) is 16.0 Å². The minimum atomic E-state index is -2.58. The number of rotatable bonds is 3. The van der Waals surface area contributed by atoms with Gasteiger partial charge in [-0.3, -0.25) is 9.78 Å². The van der Waals surface area contributed by atoms with Crippen LogP contribution in [-0.2, 0) is 4.79 Å². The quantitative estimate of drug-likeness (QED) is 0.835. The lowest BCUT2D eigenvalue weighted by molar-refractivity contribution is -0.138. The van der Waals surface area contributed by atoms with E-state index < -0.39 is 5.92 Å². The molecule has 2 heterocycles.